The third-order valence-corrected chi connectivity index (χ3v) is 2.64. The highest BCUT2D eigenvalue weighted by Gasteiger charge is 2.11. The van der Waals surface area contributed by atoms with Gasteiger partial charge in [0.15, 0.2) is 6.61 Å². The molecule has 9 nitrogen and oxygen atoms in total. The minimum absolute atomic E-state index is 0.335. The molecule has 130 valence electrons. The molecule has 0 saturated carbocycles. The molecule has 0 fully saturated rings. The summed E-state index contributed by atoms with van der Waals surface area (Å²) in [4.78, 5) is 33.2. The van der Waals surface area contributed by atoms with E-state index in [4.69, 9.17) is 14.6 Å². The Morgan fingerprint density at radius 3 is 2.54 bits per heavy atom. The number of benzene rings is 1. The van der Waals surface area contributed by atoms with E-state index >= 15 is 0 Å². The van der Waals surface area contributed by atoms with Gasteiger partial charge >= 0.3 is 17.8 Å². The normalized spacial score (nSPS) is 10.4. The zero-order chi connectivity index (χ0) is 17.8. The van der Waals surface area contributed by atoms with Crippen molar-refractivity contribution in [3.63, 3.8) is 0 Å². The zero-order valence-corrected chi connectivity index (χ0v) is 13.2. The minimum atomic E-state index is -1.07. The van der Waals surface area contributed by atoms with E-state index < -0.39 is 24.4 Å². The third-order valence-electron chi connectivity index (χ3n) is 2.64. The number of hydrazone groups is 1. The fourth-order valence-corrected chi connectivity index (χ4v) is 1.51. The van der Waals surface area contributed by atoms with Crippen LogP contribution in [0.15, 0.2) is 29.4 Å². The van der Waals surface area contributed by atoms with Gasteiger partial charge in [-0.1, -0.05) is 0 Å². The monoisotopic (exact) mass is 337 g/mol. The summed E-state index contributed by atoms with van der Waals surface area (Å²) < 4.78 is 9.80. The number of carbonyl (C=O) groups is 3. The lowest BCUT2D eigenvalue weighted by atomic mass is 10.2. The van der Waals surface area contributed by atoms with Crippen LogP contribution in [0.2, 0.25) is 0 Å². The second-order valence-corrected chi connectivity index (χ2v) is 4.55. The minimum Gasteiger partial charge on any atom is -0.482 e. The van der Waals surface area contributed by atoms with E-state index in [1.165, 1.54) is 6.21 Å². The number of amides is 2. The number of carboxylic acid groups (broad SMARTS) is 1. The standard InChI is InChI=1S/C15H19N3O6/c1-23-8-2-7-16-14(21)15(22)18-17-9-11-3-5-12(6-4-11)24-10-13(19)20/h3-6,9H,2,7-8,10H2,1H3,(H,16,21)(H,18,22)(H,19,20)/b17-9-. The van der Waals surface area contributed by atoms with Crippen LogP contribution in [0.5, 0.6) is 5.75 Å². The molecule has 0 heterocycles. The number of ether oxygens (including phenoxy) is 2. The van der Waals surface area contributed by atoms with Gasteiger partial charge in [-0.2, -0.15) is 5.10 Å². The van der Waals surface area contributed by atoms with Gasteiger partial charge in [-0.3, -0.25) is 9.59 Å². The molecular formula is C15H19N3O6. The van der Waals surface area contributed by atoms with Gasteiger partial charge in [-0.15, -0.1) is 0 Å². The van der Waals surface area contributed by atoms with E-state index in [0.29, 0.717) is 30.9 Å². The molecule has 0 unspecified atom stereocenters. The summed E-state index contributed by atoms with van der Waals surface area (Å²) in [6.07, 6.45) is 1.95. The smallest absolute Gasteiger partial charge is 0.341 e. The predicted molar refractivity (Wildman–Crippen MR) is 84.8 cm³/mol. The molecule has 1 aromatic carbocycles. The summed E-state index contributed by atoms with van der Waals surface area (Å²) in [5.41, 5.74) is 2.74. The first-order valence-corrected chi connectivity index (χ1v) is 7.07. The molecule has 0 atom stereocenters. The Bertz CT molecular complexity index is 585. The third kappa shape index (κ3) is 7.90. The van der Waals surface area contributed by atoms with E-state index in [0.717, 1.165) is 0 Å². The van der Waals surface area contributed by atoms with E-state index in [1.54, 1.807) is 31.4 Å². The summed E-state index contributed by atoms with van der Waals surface area (Å²) >= 11 is 0. The number of carboxylic acids is 1. The van der Waals surface area contributed by atoms with Gasteiger partial charge in [-0.05, 0) is 36.2 Å². The van der Waals surface area contributed by atoms with E-state index in [2.05, 4.69) is 15.8 Å². The number of methoxy groups -OCH3 is 1. The van der Waals surface area contributed by atoms with Crippen molar-refractivity contribution in [1.82, 2.24) is 10.7 Å². The number of nitrogens with zero attached hydrogens (tertiary/aromatic N) is 1. The Labute approximate surface area is 138 Å². The SMILES string of the molecule is COCCCNC(=O)C(=O)N/N=C\c1ccc(OCC(=O)O)cc1. The molecule has 0 aliphatic carbocycles. The van der Waals surface area contributed by atoms with Crippen molar-refractivity contribution in [2.75, 3.05) is 26.9 Å². The maximum absolute atomic E-state index is 11.5. The first-order valence-electron chi connectivity index (χ1n) is 7.07. The van der Waals surface area contributed by atoms with E-state index in [9.17, 15) is 14.4 Å². The molecule has 1 aromatic rings. The quantitative estimate of drug-likeness (QED) is 0.247. The van der Waals surface area contributed by atoms with Crippen LogP contribution in [0, 0.1) is 0 Å². The van der Waals surface area contributed by atoms with Crippen LogP contribution in [0.1, 0.15) is 12.0 Å². The van der Waals surface area contributed by atoms with Crippen molar-refractivity contribution in [3.05, 3.63) is 29.8 Å². The second kappa shape index (κ2) is 10.7. The van der Waals surface area contributed by atoms with Crippen molar-refractivity contribution in [2.45, 2.75) is 6.42 Å². The molecule has 0 aliphatic heterocycles. The van der Waals surface area contributed by atoms with Crippen LogP contribution in [0.3, 0.4) is 0 Å². The Kier molecular flexibility index (Phi) is 8.54. The van der Waals surface area contributed by atoms with Crippen LogP contribution in [-0.4, -0.2) is 56.0 Å². The van der Waals surface area contributed by atoms with Crippen molar-refractivity contribution < 1.29 is 29.0 Å². The fraction of sp³-hybridized carbons (Fsp3) is 0.333. The molecule has 3 N–H and O–H groups in total. The molecule has 24 heavy (non-hydrogen) atoms. The Morgan fingerprint density at radius 1 is 1.21 bits per heavy atom. The molecule has 0 saturated heterocycles. The van der Waals surface area contributed by atoms with Gasteiger partial charge in [0, 0.05) is 20.3 Å². The lowest BCUT2D eigenvalue weighted by molar-refractivity contribution is -0.139. The van der Waals surface area contributed by atoms with Crippen LogP contribution in [-0.2, 0) is 19.1 Å². The number of carbonyl (C=O) groups excluding carboxylic acids is 2. The molecular weight excluding hydrogens is 318 g/mol. The van der Waals surface area contributed by atoms with Gasteiger partial charge in [0.05, 0.1) is 6.21 Å². The van der Waals surface area contributed by atoms with Gasteiger partial charge in [0.25, 0.3) is 0 Å². The van der Waals surface area contributed by atoms with Crippen molar-refractivity contribution >= 4 is 24.0 Å². The number of hydrogen-bond acceptors (Lipinski definition) is 6. The summed E-state index contributed by atoms with van der Waals surface area (Å²) in [6, 6.07) is 6.37. The average molecular weight is 337 g/mol. The summed E-state index contributed by atoms with van der Waals surface area (Å²) in [5, 5.41) is 14.6. The average Bonchev–Trinajstić information content (AvgIpc) is 2.57. The lowest BCUT2D eigenvalue weighted by Gasteiger charge is -2.03. The number of hydrogen-bond donors (Lipinski definition) is 3. The fourth-order valence-electron chi connectivity index (χ4n) is 1.51. The topological polar surface area (TPSA) is 126 Å². The Balaban J connectivity index is 2.36. The second-order valence-electron chi connectivity index (χ2n) is 4.55. The maximum Gasteiger partial charge on any atom is 0.341 e. The van der Waals surface area contributed by atoms with Gasteiger partial charge in [0.1, 0.15) is 5.75 Å². The summed E-state index contributed by atoms with van der Waals surface area (Å²) in [5.74, 6) is -2.32. The van der Waals surface area contributed by atoms with Crippen molar-refractivity contribution in [3.8, 4) is 5.75 Å². The highest BCUT2D eigenvalue weighted by Crippen LogP contribution is 2.10. The van der Waals surface area contributed by atoms with Crippen molar-refractivity contribution in [1.29, 1.82) is 0 Å². The number of aliphatic carboxylic acids is 1. The van der Waals surface area contributed by atoms with E-state index in [1.807, 2.05) is 0 Å². The molecule has 0 spiro atoms. The van der Waals surface area contributed by atoms with Gasteiger partial charge in [0.2, 0.25) is 0 Å². The van der Waals surface area contributed by atoms with E-state index in [-0.39, 0.29) is 0 Å². The highest BCUT2D eigenvalue weighted by molar-refractivity contribution is 6.35. The molecule has 0 aromatic heterocycles. The van der Waals surface area contributed by atoms with Crippen LogP contribution < -0.4 is 15.5 Å². The summed E-state index contributed by atoms with van der Waals surface area (Å²) in [6.45, 7) is 0.400. The van der Waals surface area contributed by atoms with Crippen LogP contribution >= 0.6 is 0 Å². The van der Waals surface area contributed by atoms with Gasteiger partial charge in [-0.25, -0.2) is 10.2 Å². The first-order chi connectivity index (χ1) is 11.5. The molecule has 9 heteroatoms. The Hall–Kier alpha value is -2.94. The molecule has 1 rings (SSSR count). The van der Waals surface area contributed by atoms with Gasteiger partial charge < -0.3 is 19.9 Å². The molecule has 0 radical (unpaired) electrons. The molecule has 0 bridgehead atoms. The first kappa shape index (κ1) is 19.1. The largest absolute Gasteiger partial charge is 0.482 e. The Morgan fingerprint density at radius 2 is 1.92 bits per heavy atom. The zero-order valence-electron chi connectivity index (χ0n) is 13.2. The molecule has 0 aliphatic rings. The number of rotatable bonds is 9. The lowest BCUT2D eigenvalue weighted by Crippen LogP contribution is -2.38. The predicted octanol–water partition coefficient (Wildman–Crippen LogP) is -0.247. The summed E-state index contributed by atoms with van der Waals surface area (Å²) in [7, 11) is 1.55. The highest BCUT2D eigenvalue weighted by atomic mass is 16.5. The number of nitrogens with one attached hydrogen (secondary N) is 2. The van der Waals surface area contributed by atoms with Crippen LogP contribution in [0.4, 0.5) is 0 Å². The van der Waals surface area contributed by atoms with Crippen molar-refractivity contribution in [2.24, 2.45) is 5.10 Å². The van der Waals surface area contributed by atoms with Crippen LogP contribution in [0.25, 0.3) is 0 Å². The molecule has 2 amide bonds. The maximum atomic E-state index is 11.5.